The first-order chi connectivity index (χ1) is 11.2. The summed E-state index contributed by atoms with van der Waals surface area (Å²) in [7, 11) is 0. The van der Waals surface area contributed by atoms with Gasteiger partial charge in [0.15, 0.2) is 0 Å². The maximum atomic E-state index is 12.5. The van der Waals surface area contributed by atoms with Crippen LogP contribution in [0, 0.1) is 0 Å². The molecule has 2 aromatic carbocycles. The van der Waals surface area contributed by atoms with Crippen LogP contribution in [0.1, 0.15) is 24.5 Å². The number of para-hydroxylation sites is 1. The van der Waals surface area contributed by atoms with Crippen LogP contribution in [0.25, 0.3) is 0 Å². The van der Waals surface area contributed by atoms with Crippen molar-refractivity contribution in [2.75, 3.05) is 13.1 Å². The highest BCUT2D eigenvalue weighted by Crippen LogP contribution is 2.29. The molecule has 0 aliphatic rings. The zero-order chi connectivity index (χ0) is 16.5. The van der Waals surface area contributed by atoms with Gasteiger partial charge < -0.3 is 15.8 Å². The van der Waals surface area contributed by atoms with Crippen LogP contribution in [0.3, 0.4) is 0 Å². The molecule has 24 heavy (non-hydrogen) atoms. The van der Waals surface area contributed by atoms with Gasteiger partial charge in [0.2, 0.25) is 6.10 Å². The Labute approximate surface area is 157 Å². The lowest BCUT2D eigenvalue weighted by Crippen LogP contribution is -2.33. The van der Waals surface area contributed by atoms with Gasteiger partial charge in [0.25, 0.3) is 5.91 Å². The molecule has 0 bridgehead atoms. The number of amides is 1. The van der Waals surface area contributed by atoms with E-state index in [1.54, 1.807) is 0 Å². The minimum atomic E-state index is -0.687. The first-order valence-corrected chi connectivity index (χ1v) is 8.45. The van der Waals surface area contributed by atoms with Crippen LogP contribution in [0.15, 0.2) is 59.1 Å². The molecule has 3 N–H and O–H groups in total. The Morgan fingerprint density at radius 2 is 1.75 bits per heavy atom. The minimum Gasteiger partial charge on any atom is -0.475 e. The van der Waals surface area contributed by atoms with Gasteiger partial charge in [0.1, 0.15) is 5.75 Å². The van der Waals surface area contributed by atoms with E-state index in [-0.39, 0.29) is 18.3 Å². The molecular formula is C18H22BrClN2O2. The Kier molecular flexibility index (Phi) is 9.45. The van der Waals surface area contributed by atoms with Crippen LogP contribution in [0.2, 0.25) is 0 Å². The summed E-state index contributed by atoms with van der Waals surface area (Å²) in [6, 6.07) is 17.0. The van der Waals surface area contributed by atoms with E-state index in [9.17, 15) is 4.79 Å². The number of ether oxygens (including phenoxy) is 1. The number of hydrogen-bond donors (Lipinski definition) is 2. The molecule has 2 rings (SSSR count). The topological polar surface area (TPSA) is 64.3 Å². The highest BCUT2D eigenvalue weighted by Gasteiger charge is 2.22. The standard InChI is InChI=1S/C18H21BrN2O2.ClH/c19-15-10-4-5-11-16(15)23-17(14-8-2-1-3-9-14)18(22)21-13-7-6-12-20;/h1-5,8-11,17H,6-7,12-13,20H2,(H,21,22);1H. The van der Waals surface area contributed by atoms with Crippen LogP contribution < -0.4 is 15.8 Å². The first-order valence-electron chi connectivity index (χ1n) is 7.66. The predicted octanol–water partition coefficient (Wildman–Crippen LogP) is 3.85. The number of carbonyl (C=O) groups excluding carboxylic acids is 1. The summed E-state index contributed by atoms with van der Waals surface area (Å²) in [6.45, 7) is 1.23. The van der Waals surface area contributed by atoms with Gasteiger partial charge in [-0.25, -0.2) is 0 Å². The Hall–Kier alpha value is -1.56. The highest BCUT2D eigenvalue weighted by atomic mass is 79.9. The second-order valence-electron chi connectivity index (χ2n) is 5.13. The van der Waals surface area contributed by atoms with Crippen molar-refractivity contribution in [2.45, 2.75) is 18.9 Å². The third-order valence-corrected chi connectivity index (χ3v) is 4.01. The molecule has 0 radical (unpaired) electrons. The van der Waals surface area contributed by atoms with E-state index < -0.39 is 6.10 Å². The SMILES string of the molecule is Cl.NCCCCNC(=O)C(Oc1ccccc1Br)c1ccccc1. The zero-order valence-corrected chi connectivity index (χ0v) is 15.7. The summed E-state index contributed by atoms with van der Waals surface area (Å²) < 4.78 is 6.78. The molecule has 2 aromatic rings. The number of benzene rings is 2. The molecule has 4 nitrogen and oxygen atoms in total. The molecule has 1 atom stereocenters. The van der Waals surface area contributed by atoms with Crippen molar-refractivity contribution in [3.8, 4) is 5.75 Å². The number of unbranched alkanes of at least 4 members (excludes halogenated alkanes) is 1. The van der Waals surface area contributed by atoms with Crippen molar-refractivity contribution >= 4 is 34.2 Å². The van der Waals surface area contributed by atoms with Crippen LogP contribution in [-0.2, 0) is 4.79 Å². The van der Waals surface area contributed by atoms with Crippen LogP contribution in [-0.4, -0.2) is 19.0 Å². The molecule has 130 valence electrons. The van der Waals surface area contributed by atoms with Gasteiger partial charge in [0, 0.05) is 12.1 Å². The molecule has 6 heteroatoms. The fraction of sp³-hybridized carbons (Fsp3) is 0.278. The van der Waals surface area contributed by atoms with E-state index in [4.69, 9.17) is 10.5 Å². The average molecular weight is 414 g/mol. The van der Waals surface area contributed by atoms with E-state index in [0.29, 0.717) is 18.8 Å². The molecule has 0 aliphatic carbocycles. The fourth-order valence-electron chi connectivity index (χ4n) is 2.14. The van der Waals surface area contributed by atoms with Crippen LogP contribution >= 0.6 is 28.3 Å². The largest absolute Gasteiger partial charge is 0.475 e. The average Bonchev–Trinajstić information content (AvgIpc) is 2.58. The molecule has 1 amide bonds. The molecule has 0 saturated carbocycles. The van der Waals surface area contributed by atoms with Gasteiger partial charge >= 0.3 is 0 Å². The zero-order valence-electron chi connectivity index (χ0n) is 13.3. The number of nitrogens with two attached hydrogens (primary N) is 1. The Morgan fingerprint density at radius 1 is 1.08 bits per heavy atom. The van der Waals surface area contributed by atoms with Crippen molar-refractivity contribution in [3.05, 3.63) is 64.6 Å². The summed E-state index contributed by atoms with van der Waals surface area (Å²) in [4.78, 5) is 12.5. The normalized spacial score (nSPS) is 11.2. The Morgan fingerprint density at radius 3 is 2.42 bits per heavy atom. The summed E-state index contributed by atoms with van der Waals surface area (Å²) >= 11 is 3.45. The number of rotatable bonds is 8. The van der Waals surface area contributed by atoms with Crippen LogP contribution in [0.4, 0.5) is 0 Å². The van der Waals surface area contributed by atoms with Gasteiger partial charge in [-0.15, -0.1) is 12.4 Å². The smallest absolute Gasteiger partial charge is 0.265 e. The number of carbonyl (C=O) groups is 1. The maximum absolute atomic E-state index is 12.5. The van der Waals surface area contributed by atoms with Crippen molar-refractivity contribution < 1.29 is 9.53 Å². The molecule has 0 aromatic heterocycles. The number of nitrogens with one attached hydrogen (secondary N) is 1. The summed E-state index contributed by atoms with van der Waals surface area (Å²) in [5, 5.41) is 2.92. The highest BCUT2D eigenvalue weighted by molar-refractivity contribution is 9.10. The quantitative estimate of drug-likeness (QED) is 0.646. The van der Waals surface area contributed by atoms with E-state index in [0.717, 1.165) is 22.9 Å². The van der Waals surface area contributed by atoms with E-state index in [1.807, 2.05) is 54.6 Å². The molecule has 0 fully saturated rings. The Bertz CT molecular complexity index is 625. The molecule has 1 unspecified atom stereocenters. The van der Waals surface area contributed by atoms with E-state index in [2.05, 4.69) is 21.2 Å². The lowest BCUT2D eigenvalue weighted by molar-refractivity contribution is -0.128. The van der Waals surface area contributed by atoms with Crippen molar-refractivity contribution in [2.24, 2.45) is 5.73 Å². The van der Waals surface area contributed by atoms with Crippen molar-refractivity contribution in [3.63, 3.8) is 0 Å². The van der Waals surface area contributed by atoms with Crippen LogP contribution in [0.5, 0.6) is 5.75 Å². The molecular weight excluding hydrogens is 392 g/mol. The van der Waals surface area contributed by atoms with E-state index >= 15 is 0 Å². The Balaban J connectivity index is 0.00000288. The predicted molar refractivity (Wildman–Crippen MR) is 102 cm³/mol. The number of hydrogen-bond acceptors (Lipinski definition) is 3. The lowest BCUT2D eigenvalue weighted by Gasteiger charge is -2.20. The lowest BCUT2D eigenvalue weighted by atomic mass is 10.1. The molecule has 0 aliphatic heterocycles. The van der Waals surface area contributed by atoms with Gasteiger partial charge in [0.05, 0.1) is 4.47 Å². The van der Waals surface area contributed by atoms with Crippen molar-refractivity contribution in [1.29, 1.82) is 0 Å². The maximum Gasteiger partial charge on any atom is 0.265 e. The minimum absolute atomic E-state index is 0. The summed E-state index contributed by atoms with van der Waals surface area (Å²) in [5.74, 6) is 0.488. The molecule has 0 saturated heterocycles. The fourth-order valence-corrected chi connectivity index (χ4v) is 2.52. The second kappa shape index (κ2) is 11.1. The van der Waals surface area contributed by atoms with Crippen molar-refractivity contribution in [1.82, 2.24) is 5.32 Å². The van der Waals surface area contributed by atoms with Gasteiger partial charge in [-0.2, -0.15) is 0 Å². The van der Waals surface area contributed by atoms with Gasteiger partial charge in [-0.1, -0.05) is 42.5 Å². The molecule has 0 spiro atoms. The summed E-state index contributed by atoms with van der Waals surface area (Å²) in [5.41, 5.74) is 6.29. The monoisotopic (exact) mass is 412 g/mol. The second-order valence-corrected chi connectivity index (χ2v) is 5.98. The van der Waals surface area contributed by atoms with E-state index in [1.165, 1.54) is 0 Å². The third kappa shape index (κ3) is 6.15. The third-order valence-electron chi connectivity index (χ3n) is 3.35. The molecule has 0 heterocycles. The van der Waals surface area contributed by atoms with Gasteiger partial charge in [-0.05, 0) is 47.4 Å². The van der Waals surface area contributed by atoms with Gasteiger partial charge in [-0.3, -0.25) is 4.79 Å². The number of halogens is 2. The summed E-state index contributed by atoms with van der Waals surface area (Å²) in [6.07, 6.45) is 1.06. The first kappa shape index (κ1) is 20.5.